The minimum atomic E-state index is -3.09. The molecule has 0 bridgehead atoms. The number of rotatable bonds is 4. The van der Waals surface area contributed by atoms with Gasteiger partial charge < -0.3 is 19.6 Å². The molecule has 0 aliphatic carbocycles. The molecule has 2 heterocycles. The van der Waals surface area contributed by atoms with E-state index in [1.165, 1.54) is 6.07 Å². The number of halogens is 3. The molecule has 144 valence electrons. The van der Waals surface area contributed by atoms with Crippen LogP contribution in [-0.2, 0) is 10.3 Å². The van der Waals surface area contributed by atoms with Gasteiger partial charge in [-0.3, -0.25) is 10.3 Å². The van der Waals surface area contributed by atoms with Crippen molar-refractivity contribution in [3.63, 3.8) is 0 Å². The third kappa shape index (κ3) is 3.87. The summed E-state index contributed by atoms with van der Waals surface area (Å²) in [5.41, 5.74) is 2.75. The quantitative estimate of drug-likeness (QED) is 0.838. The van der Waals surface area contributed by atoms with E-state index in [0.717, 1.165) is 18.4 Å². The van der Waals surface area contributed by atoms with E-state index in [2.05, 4.69) is 15.3 Å². The number of nitrogens with zero attached hydrogens (tertiary/aromatic N) is 2. The highest BCUT2D eigenvalue weighted by Gasteiger charge is 2.46. The van der Waals surface area contributed by atoms with Crippen LogP contribution in [0, 0.1) is 12.7 Å². The summed E-state index contributed by atoms with van der Waals surface area (Å²) in [6.45, 7) is 0.866. The summed E-state index contributed by atoms with van der Waals surface area (Å²) in [5, 5.41) is 2.30. The van der Waals surface area contributed by atoms with Crippen LogP contribution < -0.4 is 15.8 Å². The number of hydrogen-bond donors (Lipinski definition) is 2. The van der Waals surface area contributed by atoms with E-state index >= 15 is 0 Å². The number of aryl methyl sites for hydroxylation is 1. The van der Waals surface area contributed by atoms with Gasteiger partial charge in [0.15, 0.2) is 17.7 Å². The Kier molecular flexibility index (Phi) is 5.04. The van der Waals surface area contributed by atoms with Gasteiger partial charge in [0.25, 0.3) is 12.3 Å². The van der Waals surface area contributed by atoms with Crippen molar-refractivity contribution in [1.82, 2.24) is 4.98 Å². The molecule has 1 aliphatic heterocycles. The van der Waals surface area contributed by atoms with E-state index in [-0.39, 0.29) is 29.9 Å². The smallest absolute Gasteiger partial charge is 0.418 e. The number of oxazole rings is 1. The van der Waals surface area contributed by atoms with Gasteiger partial charge in [0.2, 0.25) is 0 Å². The average molecular weight is 384 g/mol. The lowest BCUT2D eigenvalue weighted by Gasteiger charge is -2.33. The van der Waals surface area contributed by atoms with E-state index in [4.69, 9.17) is 19.6 Å². The third-order valence-corrected chi connectivity index (χ3v) is 3.75. The molecule has 1 aromatic carbocycles. The minimum absolute atomic E-state index is 0.0102. The molecule has 0 unspecified atom stereocenters. The van der Waals surface area contributed by atoms with Crippen LogP contribution in [0.3, 0.4) is 0 Å². The summed E-state index contributed by atoms with van der Waals surface area (Å²) in [5.74, 6) is -0.925. The molecular formula is C16H15F3N4O4. The number of nitrogens with two attached hydrogens (primary N) is 1. The monoisotopic (exact) mass is 384 g/mol. The lowest BCUT2D eigenvalue weighted by Crippen LogP contribution is -2.45. The number of carbonyl (C=O) groups excluding carboxylic acids is 1. The van der Waals surface area contributed by atoms with Gasteiger partial charge in [-0.1, -0.05) is 0 Å². The highest BCUT2D eigenvalue weighted by atomic mass is 19.3. The van der Waals surface area contributed by atoms with Gasteiger partial charge in [-0.05, 0) is 18.2 Å². The van der Waals surface area contributed by atoms with Crippen LogP contribution in [0.4, 0.5) is 23.7 Å². The molecule has 27 heavy (non-hydrogen) atoms. The van der Waals surface area contributed by atoms with E-state index in [9.17, 15) is 18.0 Å². The van der Waals surface area contributed by atoms with Gasteiger partial charge in [-0.2, -0.15) is 4.98 Å². The van der Waals surface area contributed by atoms with Crippen molar-refractivity contribution in [3.8, 4) is 5.88 Å². The van der Waals surface area contributed by atoms with Gasteiger partial charge in [0.1, 0.15) is 18.3 Å². The van der Waals surface area contributed by atoms with Gasteiger partial charge in [0, 0.05) is 18.2 Å². The minimum Gasteiger partial charge on any atom is -0.445 e. The SMILES string of the molecule is Cc1nc(OC(=O)Nc2ccc(F)c([C@]3(C(F)F)COCC(N)=N3)c2)co1. The van der Waals surface area contributed by atoms with Gasteiger partial charge in [-0.25, -0.2) is 18.0 Å². The largest absolute Gasteiger partial charge is 0.445 e. The molecule has 2 aromatic rings. The molecular weight excluding hydrogens is 369 g/mol. The first kappa shape index (κ1) is 18.7. The fourth-order valence-corrected chi connectivity index (χ4v) is 2.56. The number of aromatic nitrogens is 1. The Hall–Kier alpha value is -3.08. The zero-order valence-electron chi connectivity index (χ0n) is 14.0. The van der Waals surface area contributed by atoms with Gasteiger partial charge in [-0.15, -0.1) is 0 Å². The van der Waals surface area contributed by atoms with Crippen molar-refractivity contribution in [2.45, 2.75) is 18.9 Å². The number of amides is 1. The van der Waals surface area contributed by atoms with Crippen molar-refractivity contribution in [2.75, 3.05) is 18.5 Å². The Morgan fingerprint density at radius 2 is 2.22 bits per heavy atom. The first-order valence-electron chi connectivity index (χ1n) is 7.71. The maximum atomic E-state index is 14.3. The number of benzene rings is 1. The zero-order chi connectivity index (χ0) is 19.6. The second-order valence-electron chi connectivity index (χ2n) is 5.73. The zero-order valence-corrected chi connectivity index (χ0v) is 14.0. The molecule has 1 aliphatic rings. The van der Waals surface area contributed by atoms with E-state index in [0.29, 0.717) is 0 Å². The van der Waals surface area contributed by atoms with E-state index in [1.54, 1.807) is 6.92 Å². The molecule has 1 amide bonds. The first-order valence-corrected chi connectivity index (χ1v) is 7.71. The number of alkyl halides is 2. The molecule has 3 N–H and O–H groups in total. The Bertz CT molecular complexity index is 886. The second kappa shape index (κ2) is 7.27. The molecule has 11 heteroatoms. The number of anilines is 1. The van der Waals surface area contributed by atoms with Crippen LogP contribution in [0.25, 0.3) is 0 Å². The van der Waals surface area contributed by atoms with Crippen LogP contribution in [0.1, 0.15) is 11.5 Å². The number of hydrogen-bond acceptors (Lipinski definition) is 7. The number of amidine groups is 1. The Labute approximate surface area is 151 Å². The predicted molar refractivity (Wildman–Crippen MR) is 87.4 cm³/mol. The fourth-order valence-electron chi connectivity index (χ4n) is 2.56. The summed E-state index contributed by atoms with van der Waals surface area (Å²) in [7, 11) is 0. The number of ether oxygens (including phenoxy) is 2. The van der Waals surface area contributed by atoms with Gasteiger partial charge in [0.05, 0.1) is 6.61 Å². The predicted octanol–water partition coefficient (Wildman–Crippen LogP) is 2.58. The lowest BCUT2D eigenvalue weighted by atomic mass is 9.90. The first-order chi connectivity index (χ1) is 12.8. The summed E-state index contributed by atoms with van der Waals surface area (Å²) >= 11 is 0. The summed E-state index contributed by atoms with van der Waals surface area (Å²) in [4.78, 5) is 19.4. The normalized spacial score (nSPS) is 19.7. The maximum Gasteiger partial charge on any atom is 0.418 e. The Morgan fingerprint density at radius 3 is 2.85 bits per heavy atom. The number of aliphatic imine (C=N–C) groups is 1. The third-order valence-electron chi connectivity index (χ3n) is 3.75. The number of nitrogens with one attached hydrogen (secondary N) is 1. The Balaban J connectivity index is 1.87. The van der Waals surface area contributed by atoms with Crippen LogP contribution in [-0.4, -0.2) is 36.6 Å². The lowest BCUT2D eigenvalue weighted by molar-refractivity contribution is -0.0145. The van der Waals surface area contributed by atoms with Crippen molar-refractivity contribution in [2.24, 2.45) is 10.7 Å². The van der Waals surface area contributed by atoms with Crippen LogP contribution in [0.5, 0.6) is 5.88 Å². The molecule has 8 nitrogen and oxygen atoms in total. The van der Waals surface area contributed by atoms with Crippen LogP contribution in [0.2, 0.25) is 0 Å². The molecule has 1 aromatic heterocycles. The molecule has 1 atom stereocenters. The Morgan fingerprint density at radius 1 is 1.44 bits per heavy atom. The highest BCUT2D eigenvalue weighted by Crippen LogP contribution is 2.37. The molecule has 0 saturated heterocycles. The molecule has 0 saturated carbocycles. The fraction of sp³-hybridized carbons (Fsp3) is 0.312. The summed E-state index contributed by atoms with van der Waals surface area (Å²) in [6, 6.07) is 3.14. The maximum absolute atomic E-state index is 14.3. The van der Waals surface area contributed by atoms with E-state index < -0.39 is 36.0 Å². The summed E-state index contributed by atoms with van der Waals surface area (Å²) in [6.07, 6.45) is -2.94. The summed E-state index contributed by atoms with van der Waals surface area (Å²) < 4.78 is 56.6. The van der Waals surface area contributed by atoms with Crippen molar-refractivity contribution >= 4 is 17.6 Å². The molecule has 0 radical (unpaired) electrons. The topological polar surface area (TPSA) is 112 Å². The average Bonchev–Trinajstić information content (AvgIpc) is 3.01. The van der Waals surface area contributed by atoms with Gasteiger partial charge >= 0.3 is 6.09 Å². The van der Waals surface area contributed by atoms with E-state index in [1.807, 2.05) is 0 Å². The number of carbonyl (C=O) groups is 1. The second-order valence-corrected chi connectivity index (χ2v) is 5.73. The van der Waals surface area contributed by atoms with Crippen LogP contribution in [0.15, 0.2) is 33.9 Å². The standard InChI is InChI=1S/C16H15F3N4O4/c1-8-21-13(6-26-8)27-15(24)22-9-2-3-11(17)10(4-9)16(14(18)19)7-25-5-12(20)23-16/h2-4,6,14H,5,7H2,1H3,(H2,20,23)(H,22,24)/t16-/m0/s1. The molecule has 0 fully saturated rings. The van der Waals surface area contributed by atoms with Crippen molar-refractivity contribution in [1.29, 1.82) is 0 Å². The van der Waals surface area contributed by atoms with Crippen molar-refractivity contribution < 1.29 is 31.9 Å². The molecule has 0 spiro atoms. The van der Waals surface area contributed by atoms with Crippen LogP contribution >= 0.6 is 0 Å². The molecule has 3 rings (SSSR count). The highest BCUT2D eigenvalue weighted by molar-refractivity contribution is 5.86. The van der Waals surface area contributed by atoms with Crippen molar-refractivity contribution in [3.05, 3.63) is 41.7 Å².